The lowest BCUT2D eigenvalue weighted by atomic mass is 10.1. The van der Waals surface area contributed by atoms with Gasteiger partial charge < -0.3 is 8.98 Å². The quantitative estimate of drug-likeness (QED) is 0.187. The Morgan fingerprint density at radius 2 is 1.10 bits per heavy atom. The van der Waals surface area contributed by atoms with E-state index in [1.807, 2.05) is 24.3 Å². The highest BCUT2D eigenvalue weighted by Gasteiger charge is 2.22. The highest BCUT2D eigenvalue weighted by molar-refractivity contribution is 7.25. The van der Waals surface area contributed by atoms with Crippen molar-refractivity contribution in [2.24, 2.45) is 0 Å². The number of furan rings is 1. The molecular formula is C45H26N4OS. The first-order chi connectivity index (χ1) is 25.3. The summed E-state index contributed by atoms with van der Waals surface area (Å²) in [5.41, 5.74) is 7.54. The van der Waals surface area contributed by atoms with Crippen LogP contribution in [-0.4, -0.2) is 19.5 Å². The van der Waals surface area contributed by atoms with Gasteiger partial charge in [0.05, 0.1) is 16.6 Å². The minimum Gasteiger partial charge on any atom is -0.455 e. The van der Waals surface area contributed by atoms with Gasteiger partial charge in [-0.2, -0.15) is 0 Å². The van der Waals surface area contributed by atoms with Gasteiger partial charge in [0, 0.05) is 58.5 Å². The summed E-state index contributed by atoms with van der Waals surface area (Å²) in [5, 5.41) is 6.84. The van der Waals surface area contributed by atoms with Gasteiger partial charge in [-0.3, -0.25) is 0 Å². The van der Waals surface area contributed by atoms with Crippen molar-refractivity contribution in [3.8, 4) is 39.9 Å². The molecule has 0 atom stereocenters. The Kier molecular flexibility index (Phi) is 6.05. The number of thiophene rings is 1. The van der Waals surface area contributed by atoms with Gasteiger partial charge in [0.1, 0.15) is 11.2 Å². The topological polar surface area (TPSA) is 56.7 Å². The molecule has 0 amide bonds. The van der Waals surface area contributed by atoms with Crippen LogP contribution in [0, 0.1) is 0 Å². The van der Waals surface area contributed by atoms with Crippen LogP contribution in [0.1, 0.15) is 0 Å². The summed E-state index contributed by atoms with van der Waals surface area (Å²) in [5.74, 6) is 1.78. The number of benzene rings is 7. The molecule has 11 aromatic rings. The molecule has 0 unspecified atom stereocenters. The standard InChI is InChI=1S/C45H26N4OS/c1-2-12-28(13-3-1)49-37-21-7-4-14-29(37)32-17-10-19-34(41(32)49)44-46-43(27-24-25-40-36(26-27)31-16-6-9-23-39(31)51-40)47-45(48-44)35-20-11-18-33-30-15-5-8-22-38(30)50-42(33)35/h1-26H. The Morgan fingerprint density at radius 1 is 0.451 bits per heavy atom. The number of para-hydroxylation sites is 5. The number of nitrogens with zero attached hydrogens (tertiary/aromatic N) is 4. The third kappa shape index (κ3) is 4.30. The fraction of sp³-hybridized carbons (Fsp3) is 0. The van der Waals surface area contributed by atoms with E-state index in [1.54, 1.807) is 11.3 Å². The average molecular weight is 671 g/mol. The van der Waals surface area contributed by atoms with Crippen molar-refractivity contribution >= 4 is 75.3 Å². The molecule has 6 heteroatoms. The van der Waals surface area contributed by atoms with E-state index in [9.17, 15) is 0 Å². The molecule has 0 aliphatic carbocycles. The van der Waals surface area contributed by atoms with E-state index >= 15 is 0 Å². The summed E-state index contributed by atoms with van der Waals surface area (Å²) in [6.45, 7) is 0. The lowest BCUT2D eigenvalue weighted by molar-refractivity contribution is 0.669. The first kappa shape index (κ1) is 28.2. The lowest BCUT2D eigenvalue weighted by Crippen LogP contribution is -2.02. The van der Waals surface area contributed by atoms with Crippen LogP contribution in [-0.2, 0) is 0 Å². The Hall–Kier alpha value is -6.63. The van der Waals surface area contributed by atoms with E-state index in [0.717, 1.165) is 60.7 Å². The molecule has 0 bridgehead atoms. The largest absolute Gasteiger partial charge is 0.455 e. The zero-order valence-corrected chi connectivity index (χ0v) is 27.9. The van der Waals surface area contributed by atoms with E-state index < -0.39 is 0 Å². The van der Waals surface area contributed by atoms with E-state index in [-0.39, 0.29) is 0 Å². The maximum Gasteiger partial charge on any atom is 0.167 e. The molecule has 4 aromatic heterocycles. The van der Waals surface area contributed by atoms with Crippen LogP contribution >= 0.6 is 11.3 Å². The summed E-state index contributed by atoms with van der Waals surface area (Å²) in [7, 11) is 0. The smallest absolute Gasteiger partial charge is 0.167 e. The van der Waals surface area contributed by atoms with Gasteiger partial charge in [-0.1, -0.05) is 97.1 Å². The monoisotopic (exact) mass is 670 g/mol. The maximum absolute atomic E-state index is 6.51. The summed E-state index contributed by atoms with van der Waals surface area (Å²) >= 11 is 1.80. The van der Waals surface area contributed by atoms with Crippen LogP contribution in [0.4, 0.5) is 0 Å². The molecule has 0 aliphatic heterocycles. The highest BCUT2D eigenvalue weighted by Crippen LogP contribution is 2.41. The average Bonchev–Trinajstić information content (AvgIpc) is 3.87. The van der Waals surface area contributed by atoms with Crippen molar-refractivity contribution in [3.05, 3.63) is 158 Å². The van der Waals surface area contributed by atoms with E-state index in [0.29, 0.717) is 17.5 Å². The molecule has 0 N–H and O–H groups in total. The highest BCUT2D eigenvalue weighted by atomic mass is 32.1. The van der Waals surface area contributed by atoms with Crippen LogP contribution in [0.25, 0.3) is 104 Å². The van der Waals surface area contributed by atoms with Crippen molar-refractivity contribution in [3.63, 3.8) is 0 Å². The number of rotatable bonds is 4. The van der Waals surface area contributed by atoms with Crippen molar-refractivity contribution in [2.45, 2.75) is 0 Å². The third-order valence-corrected chi connectivity index (χ3v) is 11.0. The zero-order chi connectivity index (χ0) is 33.5. The second kappa shape index (κ2) is 10.9. The molecule has 51 heavy (non-hydrogen) atoms. The maximum atomic E-state index is 6.51. The minimum atomic E-state index is 0.564. The van der Waals surface area contributed by atoms with Crippen molar-refractivity contribution in [1.82, 2.24) is 19.5 Å². The predicted octanol–water partition coefficient (Wildman–Crippen LogP) is 12.2. The fourth-order valence-corrected chi connectivity index (χ4v) is 8.67. The second-order valence-electron chi connectivity index (χ2n) is 12.8. The summed E-state index contributed by atoms with van der Waals surface area (Å²) in [6, 6.07) is 54.9. The molecule has 4 heterocycles. The van der Waals surface area contributed by atoms with Gasteiger partial charge in [0.15, 0.2) is 17.5 Å². The Bertz CT molecular complexity index is 3150. The van der Waals surface area contributed by atoms with Crippen LogP contribution in [0.15, 0.2) is 162 Å². The molecule has 0 spiro atoms. The molecule has 7 aromatic carbocycles. The first-order valence-electron chi connectivity index (χ1n) is 16.9. The number of hydrogen-bond donors (Lipinski definition) is 0. The summed E-state index contributed by atoms with van der Waals surface area (Å²) in [4.78, 5) is 15.8. The molecule has 5 nitrogen and oxygen atoms in total. The van der Waals surface area contributed by atoms with Gasteiger partial charge in [-0.15, -0.1) is 11.3 Å². The molecule has 0 fully saturated rings. The minimum absolute atomic E-state index is 0.564. The van der Waals surface area contributed by atoms with Gasteiger partial charge >= 0.3 is 0 Å². The zero-order valence-electron chi connectivity index (χ0n) is 27.1. The molecule has 11 rings (SSSR count). The van der Waals surface area contributed by atoms with Crippen LogP contribution in [0.5, 0.6) is 0 Å². The first-order valence-corrected chi connectivity index (χ1v) is 17.8. The van der Waals surface area contributed by atoms with Crippen LogP contribution < -0.4 is 0 Å². The molecule has 0 saturated heterocycles. The van der Waals surface area contributed by atoms with Gasteiger partial charge in [-0.25, -0.2) is 15.0 Å². The molecule has 238 valence electrons. The van der Waals surface area contributed by atoms with E-state index in [2.05, 4.69) is 138 Å². The Balaban J connectivity index is 1.23. The Labute approximate surface area is 295 Å². The third-order valence-electron chi connectivity index (χ3n) is 9.87. The van der Waals surface area contributed by atoms with E-state index in [1.165, 1.54) is 25.6 Å². The number of aromatic nitrogens is 4. The number of fused-ring (bicyclic) bond motifs is 9. The summed E-state index contributed by atoms with van der Waals surface area (Å²) < 4.78 is 11.3. The van der Waals surface area contributed by atoms with E-state index in [4.69, 9.17) is 19.4 Å². The predicted molar refractivity (Wildman–Crippen MR) is 211 cm³/mol. The molecular weight excluding hydrogens is 645 g/mol. The molecule has 0 aliphatic rings. The fourth-order valence-electron chi connectivity index (χ4n) is 7.58. The number of hydrogen-bond acceptors (Lipinski definition) is 5. The molecule has 0 saturated carbocycles. The lowest BCUT2D eigenvalue weighted by Gasteiger charge is -2.13. The van der Waals surface area contributed by atoms with Crippen molar-refractivity contribution in [2.75, 3.05) is 0 Å². The van der Waals surface area contributed by atoms with Crippen LogP contribution in [0.3, 0.4) is 0 Å². The van der Waals surface area contributed by atoms with Gasteiger partial charge in [0.2, 0.25) is 0 Å². The normalized spacial score (nSPS) is 11.9. The van der Waals surface area contributed by atoms with Crippen molar-refractivity contribution < 1.29 is 4.42 Å². The summed E-state index contributed by atoms with van der Waals surface area (Å²) in [6.07, 6.45) is 0. The van der Waals surface area contributed by atoms with Gasteiger partial charge in [-0.05, 0) is 60.7 Å². The second-order valence-corrected chi connectivity index (χ2v) is 13.9. The molecule has 0 radical (unpaired) electrons. The Morgan fingerprint density at radius 3 is 1.98 bits per heavy atom. The van der Waals surface area contributed by atoms with Gasteiger partial charge in [0.25, 0.3) is 0 Å². The SMILES string of the molecule is c1ccc(-n2c3ccccc3c3cccc(-c4nc(-c5ccc6sc7ccccc7c6c5)nc(-c5cccc6c5oc5ccccc56)n4)c32)cc1. The van der Waals surface area contributed by atoms with Crippen LogP contribution in [0.2, 0.25) is 0 Å². The van der Waals surface area contributed by atoms with Crippen molar-refractivity contribution in [1.29, 1.82) is 0 Å².